The number of aromatic nitrogens is 3. The number of benzene rings is 2. The molecule has 1 amide bonds. The second-order valence-corrected chi connectivity index (χ2v) is 7.58. The number of thioether (sulfide) groups is 1. The summed E-state index contributed by atoms with van der Waals surface area (Å²) < 4.78 is 14.9. The molecule has 0 aliphatic heterocycles. The number of hydrogen-bond acceptors (Lipinski definition) is 4. The lowest BCUT2D eigenvalue weighted by molar-refractivity contribution is -0.113. The molecule has 5 nitrogen and oxygen atoms in total. The highest BCUT2D eigenvalue weighted by molar-refractivity contribution is 7.99. The predicted molar refractivity (Wildman–Crippen MR) is 111 cm³/mol. The maximum atomic E-state index is 13.1. The molecular weight excluding hydrogens is 375 g/mol. The minimum Gasteiger partial charge on any atom is -0.325 e. The topological polar surface area (TPSA) is 59.8 Å². The normalized spacial score (nSPS) is 12.0. The average Bonchev–Trinajstić information content (AvgIpc) is 3.07. The van der Waals surface area contributed by atoms with Crippen LogP contribution < -0.4 is 5.32 Å². The minimum absolute atomic E-state index is 0.104. The summed E-state index contributed by atoms with van der Waals surface area (Å²) in [6, 6.07) is 14.0. The standard InChI is InChI=1S/C21H23FN4OS/c1-4-14(2)15-7-11-18(12-8-15)23-19(27)13-28-21-25-24-20(26(21)3)16-5-9-17(22)10-6-16/h5-12,14H,4,13H2,1-3H3,(H,23,27). The van der Waals surface area contributed by atoms with Crippen molar-refractivity contribution in [3.8, 4) is 11.4 Å². The van der Waals surface area contributed by atoms with Gasteiger partial charge < -0.3 is 9.88 Å². The summed E-state index contributed by atoms with van der Waals surface area (Å²) in [7, 11) is 1.83. The van der Waals surface area contributed by atoms with E-state index in [0.29, 0.717) is 16.9 Å². The Labute approximate surface area is 168 Å². The van der Waals surface area contributed by atoms with Crippen molar-refractivity contribution in [3.05, 3.63) is 59.9 Å². The van der Waals surface area contributed by atoms with Gasteiger partial charge in [0.1, 0.15) is 5.82 Å². The van der Waals surface area contributed by atoms with Crippen LogP contribution in [0.2, 0.25) is 0 Å². The van der Waals surface area contributed by atoms with Crippen LogP contribution in [0.4, 0.5) is 10.1 Å². The summed E-state index contributed by atoms with van der Waals surface area (Å²) in [5.41, 5.74) is 2.82. The molecule has 0 fully saturated rings. The Kier molecular flexibility index (Phi) is 6.46. The van der Waals surface area contributed by atoms with E-state index in [9.17, 15) is 9.18 Å². The Hall–Kier alpha value is -2.67. The number of carbonyl (C=O) groups excluding carboxylic acids is 1. The van der Waals surface area contributed by atoms with Crippen molar-refractivity contribution < 1.29 is 9.18 Å². The molecule has 0 spiro atoms. The molecule has 146 valence electrons. The molecule has 1 N–H and O–H groups in total. The Morgan fingerprint density at radius 1 is 1.14 bits per heavy atom. The van der Waals surface area contributed by atoms with Crippen LogP contribution in [0.25, 0.3) is 11.4 Å². The van der Waals surface area contributed by atoms with Crippen LogP contribution in [0.3, 0.4) is 0 Å². The van der Waals surface area contributed by atoms with E-state index < -0.39 is 0 Å². The van der Waals surface area contributed by atoms with Crippen molar-refractivity contribution in [2.24, 2.45) is 7.05 Å². The van der Waals surface area contributed by atoms with Crippen LogP contribution >= 0.6 is 11.8 Å². The van der Waals surface area contributed by atoms with Gasteiger partial charge in [-0.25, -0.2) is 4.39 Å². The molecule has 1 heterocycles. The molecule has 7 heteroatoms. The number of nitrogens with one attached hydrogen (secondary N) is 1. The molecule has 0 radical (unpaired) electrons. The maximum absolute atomic E-state index is 13.1. The van der Waals surface area contributed by atoms with Crippen LogP contribution in [0.15, 0.2) is 53.7 Å². The van der Waals surface area contributed by atoms with Gasteiger partial charge in [0.05, 0.1) is 5.75 Å². The van der Waals surface area contributed by atoms with Crippen LogP contribution in [0.1, 0.15) is 31.7 Å². The number of halogens is 1. The van der Waals surface area contributed by atoms with E-state index in [-0.39, 0.29) is 17.5 Å². The first-order valence-corrected chi connectivity index (χ1v) is 10.1. The van der Waals surface area contributed by atoms with Gasteiger partial charge >= 0.3 is 0 Å². The van der Waals surface area contributed by atoms with Crippen molar-refractivity contribution in [2.75, 3.05) is 11.1 Å². The molecule has 0 saturated carbocycles. The van der Waals surface area contributed by atoms with Gasteiger partial charge in [-0.15, -0.1) is 10.2 Å². The van der Waals surface area contributed by atoms with Crippen LogP contribution in [-0.2, 0) is 11.8 Å². The number of carbonyl (C=O) groups is 1. The van der Waals surface area contributed by atoms with Crippen LogP contribution in [0.5, 0.6) is 0 Å². The van der Waals surface area contributed by atoms with E-state index in [1.54, 1.807) is 16.7 Å². The van der Waals surface area contributed by atoms with E-state index in [0.717, 1.165) is 17.7 Å². The summed E-state index contributed by atoms with van der Waals surface area (Å²) in [6.45, 7) is 4.34. The minimum atomic E-state index is -0.297. The maximum Gasteiger partial charge on any atom is 0.234 e. The molecule has 3 aromatic rings. The molecule has 3 rings (SSSR count). The Bertz CT molecular complexity index is 938. The third-order valence-corrected chi connectivity index (χ3v) is 5.67. The molecule has 0 aliphatic rings. The highest BCUT2D eigenvalue weighted by atomic mass is 32.2. The van der Waals surface area contributed by atoms with Gasteiger partial charge in [-0.1, -0.05) is 37.7 Å². The molecule has 2 aromatic carbocycles. The third kappa shape index (κ3) is 4.78. The Morgan fingerprint density at radius 3 is 2.46 bits per heavy atom. The zero-order valence-corrected chi connectivity index (χ0v) is 17.0. The highest BCUT2D eigenvalue weighted by Crippen LogP contribution is 2.24. The van der Waals surface area contributed by atoms with Gasteiger partial charge in [-0.3, -0.25) is 4.79 Å². The number of hydrogen-bond donors (Lipinski definition) is 1. The fraction of sp³-hybridized carbons (Fsp3) is 0.286. The lowest BCUT2D eigenvalue weighted by atomic mass is 9.99. The molecule has 1 unspecified atom stereocenters. The summed E-state index contributed by atoms with van der Waals surface area (Å²) in [6.07, 6.45) is 1.08. The van der Waals surface area contributed by atoms with E-state index in [1.165, 1.54) is 29.5 Å². The largest absolute Gasteiger partial charge is 0.325 e. The fourth-order valence-electron chi connectivity index (χ4n) is 2.75. The lowest BCUT2D eigenvalue weighted by Gasteiger charge is -2.10. The van der Waals surface area contributed by atoms with Gasteiger partial charge in [0, 0.05) is 18.3 Å². The predicted octanol–water partition coefficient (Wildman–Crippen LogP) is 4.87. The third-order valence-electron chi connectivity index (χ3n) is 4.65. The monoisotopic (exact) mass is 398 g/mol. The molecule has 28 heavy (non-hydrogen) atoms. The quantitative estimate of drug-likeness (QED) is 0.577. The first-order valence-electron chi connectivity index (χ1n) is 9.16. The van der Waals surface area contributed by atoms with Crippen molar-refractivity contribution in [3.63, 3.8) is 0 Å². The first-order chi connectivity index (χ1) is 13.5. The fourth-order valence-corrected chi connectivity index (χ4v) is 3.46. The van der Waals surface area contributed by atoms with E-state index in [1.807, 2.05) is 19.2 Å². The average molecular weight is 399 g/mol. The Balaban J connectivity index is 1.58. The van der Waals surface area contributed by atoms with Gasteiger partial charge in [-0.2, -0.15) is 0 Å². The zero-order chi connectivity index (χ0) is 20.1. The van der Waals surface area contributed by atoms with Crippen molar-refractivity contribution in [1.82, 2.24) is 14.8 Å². The van der Waals surface area contributed by atoms with Gasteiger partial charge in [0.2, 0.25) is 5.91 Å². The number of nitrogens with zero attached hydrogens (tertiary/aromatic N) is 3. The summed E-state index contributed by atoms with van der Waals surface area (Å²) in [4.78, 5) is 12.3. The van der Waals surface area contributed by atoms with Gasteiger partial charge in [0.25, 0.3) is 0 Å². The summed E-state index contributed by atoms with van der Waals surface area (Å²) in [5, 5.41) is 11.8. The Morgan fingerprint density at radius 2 is 1.82 bits per heavy atom. The first kappa shape index (κ1) is 20.1. The molecule has 0 aliphatic carbocycles. The zero-order valence-electron chi connectivity index (χ0n) is 16.1. The summed E-state index contributed by atoms with van der Waals surface area (Å²) >= 11 is 1.31. The van der Waals surface area contributed by atoms with Gasteiger partial charge in [-0.05, 0) is 54.3 Å². The van der Waals surface area contributed by atoms with E-state index in [2.05, 4.69) is 41.5 Å². The highest BCUT2D eigenvalue weighted by Gasteiger charge is 2.13. The molecule has 0 saturated heterocycles. The number of rotatable bonds is 7. The number of anilines is 1. The summed E-state index contributed by atoms with van der Waals surface area (Å²) in [5.74, 6) is 0.958. The van der Waals surface area contributed by atoms with E-state index >= 15 is 0 Å². The number of amides is 1. The second kappa shape index (κ2) is 9.01. The van der Waals surface area contributed by atoms with Crippen molar-refractivity contribution in [2.45, 2.75) is 31.3 Å². The van der Waals surface area contributed by atoms with Crippen molar-refractivity contribution >= 4 is 23.4 Å². The molecule has 1 aromatic heterocycles. The van der Waals surface area contributed by atoms with Gasteiger partial charge in [0.15, 0.2) is 11.0 Å². The molecular formula is C21H23FN4OS. The molecule has 1 atom stereocenters. The second-order valence-electron chi connectivity index (χ2n) is 6.64. The lowest BCUT2D eigenvalue weighted by Crippen LogP contribution is -2.14. The van der Waals surface area contributed by atoms with E-state index in [4.69, 9.17) is 0 Å². The van der Waals surface area contributed by atoms with Crippen LogP contribution in [0, 0.1) is 5.82 Å². The van der Waals surface area contributed by atoms with Crippen LogP contribution in [-0.4, -0.2) is 26.4 Å². The van der Waals surface area contributed by atoms with Crippen molar-refractivity contribution in [1.29, 1.82) is 0 Å². The molecule has 0 bridgehead atoms. The SMILES string of the molecule is CCC(C)c1ccc(NC(=O)CSc2nnc(-c3ccc(F)cc3)n2C)cc1. The smallest absolute Gasteiger partial charge is 0.234 e.